The number of allylic oxidation sites excluding steroid dienone is 1. The second-order valence-electron chi connectivity index (χ2n) is 4.68. The van der Waals surface area contributed by atoms with Crippen LogP contribution in [0.15, 0.2) is 12.2 Å². The van der Waals surface area contributed by atoms with Gasteiger partial charge >= 0.3 is 7.60 Å². The van der Waals surface area contributed by atoms with Crippen molar-refractivity contribution in [1.29, 1.82) is 0 Å². The van der Waals surface area contributed by atoms with Crippen molar-refractivity contribution in [2.45, 2.75) is 37.0 Å². The molecule has 1 fully saturated rings. The summed E-state index contributed by atoms with van der Waals surface area (Å²) in [5, 5.41) is 2.53. The minimum Gasteiger partial charge on any atom is -0.323 e. The average Bonchev–Trinajstić information content (AvgIpc) is 2.64. The lowest BCUT2D eigenvalue weighted by molar-refractivity contribution is -0.117. The average molecular weight is 281 g/mol. The minimum absolute atomic E-state index is 0.0749. The second kappa shape index (κ2) is 4.81. The number of nitrogens with one attached hydrogen (secondary N) is 1. The molecule has 0 amide bonds. The number of carbonyl (C=O) groups excluding carboxylic acids is 1. The Bertz CT molecular complexity index is 424. The van der Waals surface area contributed by atoms with Gasteiger partial charge in [-0.2, -0.15) is 0 Å². The van der Waals surface area contributed by atoms with Crippen molar-refractivity contribution in [2.24, 2.45) is 5.92 Å². The lowest BCUT2D eigenvalue weighted by Crippen LogP contribution is -2.38. The van der Waals surface area contributed by atoms with E-state index in [-0.39, 0.29) is 12.8 Å². The summed E-state index contributed by atoms with van der Waals surface area (Å²) in [6.07, 6.45) is -0.879. The van der Waals surface area contributed by atoms with Crippen LogP contribution in [0.4, 0.5) is 8.78 Å². The van der Waals surface area contributed by atoms with Crippen molar-refractivity contribution >= 4 is 13.4 Å². The predicted octanol–water partition coefficient (Wildman–Crippen LogP) is 0.673. The van der Waals surface area contributed by atoms with Gasteiger partial charge in [0.2, 0.25) is 0 Å². The smallest absolute Gasteiger partial charge is 0.323 e. The molecule has 0 aromatic rings. The van der Waals surface area contributed by atoms with E-state index >= 15 is 0 Å². The molecule has 0 spiro atoms. The molecule has 0 aromatic carbocycles. The highest BCUT2D eigenvalue weighted by atomic mass is 31.2. The molecule has 1 heterocycles. The third kappa shape index (κ3) is 2.69. The molecular weight excluding hydrogens is 267 g/mol. The van der Waals surface area contributed by atoms with Gasteiger partial charge in [0.15, 0.2) is 11.6 Å². The molecule has 3 N–H and O–H groups in total. The molecule has 8 heteroatoms. The van der Waals surface area contributed by atoms with Gasteiger partial charge in [-0.1, -0.05) is 12.2 Å². The topological polar surface area (TPSA) is 86.6 Å². The first-order valence-corrected chi connectivity index (χ1v) is 7.27. The van der Waals surface area contributed by atoms with Crippen LogP contribution in [-0.2, 0) is 9.36 Å². The van der Waals surface area contributed by atoms with E-state index in [4.69, 9.17) is 9.79 Å². The van der Waals surface area contributed by atoms with E-state index in [1.807, 2.05) is 0 Å². The van der Waals surface area contributed by atoms with Crippen LogP contribution in [0, 0.1) is 5.92 Å². The van der Waals surface area contributed by atoms with E-state index in [0.717, 1.165) is 6.08 Å². The largest absolute Gasteiger partial charge is 0.349 e. The van der Waals surface area contributed by atoms with E-state index in [9.17, 15) is 18.1 Å². The summed E-state index contributed by atoms with van der Waals surface area (Å²) in [5.41, 5.74) is 0. The van der Waals surface area contributed by atoms with Crippen molar-refractivity contribution in [2.75, 3.05) is 0 Å². The summed E-state index contributed by atoms with van der Waals surface area (Å²) < 4.78 is 37.2. The minimum atomic E-state index is -4.54. The Morgan fingerprint density at radius 2 is 2.00 bits per heavy atom. The quantitative estimate of drug-likeness (QED) is 0.511. The molecule has 1 saturated heterocycles. The Balaban J connectivity index is 2.07. The summed E-state index contributed by atoms with van der Waals surface area (Å²) in [7, 11) is -4.54. The predicted molar refractivity (Wildman–Crippen MR) is 59.4 cm³/mol. The van der Waals surface area contributed by atoms with Crippen molar-refractivity contribution in [1.82, 2.24) is 5.32 Å². The maximum absolute atomic E-state index is 13.2. The molecular formula is C10H14F2NO4P. The number of ketones is 1. The number of alkyl halides is 2. The van der Waals surface area contributed by atoms with Gasteiger partial charge in [0, 0.05) is 12.5 Å². The van der Waals surface area contributed by atoms with Gasteiger partial charge in [-0.3, -0.25) is 14.7 Å². The summed E-state index contributed by atoms with van der Waals surface area (Å²) in [4.78, 5) is 29.4. The molecule has 1 aliphatic heterocycles. The zero-order valence-corrected chi connectivity index (χ0v) is 10.3. The highest BCUT2D eigenvalue weighted by Gasteiger charge is 2.45. The van der Waals surface area contributed by atoms with Crippen LogP contribution in [0.25, 0.3) is 0 Å². The van der Waals surface area contributed by atoms with E-state index in [1.54, 1.807) is 0 Å². The van der Waals surface area contributed by atoms with Crippen LogP contribution in [0.1, 0.15) is 12.8 Å². The summed E-state index contributed by atoms with van der Waals surface area (Å²) in [6, 6.07) is -0.544. The van der Waals surface area contributed by atoms with Crippen molar-refractivity contribution in [3.63, 3.8) is 0 Å². The molecule has 5 atom stereocenters. The summed E-state index contributed by atoms with van der Waals surface area (Å²) >= 11 is 0. The van der Waals surface area contributed by atoms with E-state index in [1.165, 1.54) is 6.08 Å². The molecule has 0 bridgehead atoms. The van der Waals surface area contributed by atoms with Gasteiger partial charge in [0.1, 0.15) is 12.3 Å². The lowest BCUT2D eigenvalue weighted by Gasteiger charge is -2.27. The molecule has 1 aliphatic carbocycles. The Morgan fingerprint density at radius 1 is 1.33 bits per heavy atom. The standard InChI is InChI=1S/C10H14F2NO4P/c11-6-2-1-5(3-7(6)12)8-4-9(14)10(13-8)18(15,16)17/h1-2,5-8,10,13H,3-4H2,(H2,15,16,17)/t5?,6?,7?,8-,10?/m0/s1. The maximum atomic E-state index is 13.2. The fourth-order valence-corrected chi connectivity index (χ4v) is 3.25. The summed E-state index contributed by atoms with van der Waals surface area (Å²) in [5.74, 6) is -2.52. The van der Waals surface area contributed by atoms with Gasteiger partial charge in [-0.15, -0.1) is 0 Å². The Morgan fingerprint density at radius 3 is 2.50 bits per heavy atom. The molecule has 0 saturated carbocycles. The van der Waals surface area contributed by atoms with Crippen molar-refractivity contribution in [3.05, 3.63) is 12.2 Å². The highest BCUT2D eigenvalue weighted by Crippen LogP contribution is 2.44. The molecule has 102 valence electrons. The van der Waals surface area contributed by atoms with E-state index in [2.05, 4.69) is 5.32 Å². The first kappa shape index (κ1) is 13.8. The molecule has 4 unspecified atom stereocenters. The highest BCUT2D eigenvalue weighted by molar-refractivity contribution is 7.53. The molecule has 18 heavy (non-hydrogen) atoms. The normalized spacial score (nSPS) is 41.3. The SMILES string of the molecule is O=C1C[C@@H](C2C=CC(F)C(F)C2)NC1P(=O)(O)O. The van der Waals surface area contributed by atoms with Gasteiger partial charge in [-0.25, -0.2) is 8.78 Å². The third-order valence-corrected chi connectivity index (χ3v) is 4.45. The molecule has 0 aromatic heterocycles. The number of hydrogen-bond acceptors (Lipinski definition) is 3. The maximum Gasteiger partial charge on any atom is 0.349 e. The third-order valence-electron chi connectivity index (χ3n) is 3.34. The van der Waals surface area contributed by atoms with Crippen LogP contribution in [0.2, 0.25) is 0 Å². The number of carbonyl (C=O) groups is 1. The summed E-state index contributed by atoms with van der Waals surface area (Å²) in [6.45, 7) is 0. The number of Topliss-reactive ketones (excluding diaryl/α,β-unsaturated/α-hetero) is 1. The van der Waals surface area contributed by atoms with Crippen LogP contribution in [0.3, 0.4) is 0 Å². The Hall–Kier alpha value is -0.620. The Kier molecular flexibility index (Phi) is 3.69. The molecule has 5 nitrogen and oxygen atoms in total. The van der Waals surface area contributed by atoms with Crippen molar-refractivity contribution < 1.29 is 27.9 Å². The number of halogens is 2. The first-order chi connectivity index (χ1) is 8.29. The van der Waals surface area contributed by atoms with Crippen LogP contribution in [-0.4, -0.2) is 39.7 Å². The molecule has 0 radical (unpaired) electrons. The van der Waals surface area contributed by atoms with Gasteiger partial charge in [-0.05, 0) is 12.3 Å². The monoisotopic (exact) mass is 281 g/mol. The van der Waals surface area contributed by atoms with Gasteiger partial charge < -0.3 is 9.79 Å². The zero-order chi connectivity index (χ0) is 13.5. The van der Waals surface area contributed by atoms with Crippen molar-refractivity contribution in [3.8, 4) is 0 Å². The number of hydrogen-bond donors (Lipinski definition) is 3. The van der Waals surface area contributed by atoms with Crippen LogP contribution < -0.4 is 5.32 Å². The lowest BCUT2D eigenvalue weighted by atomic mass is 9.87. The fourth-order valence-electron chi connectivity index (χ4n) is 2.38. The van der Waals surface area contributed by atoms with Gasteiger partial charge in [0.05, 0.1) is 0 Å². The fraction of sp³-hybridized carbons (Fsp3) is 0.700. The first-order valence-electron chi connectivity index (χ1n) is 5.59. The van der Waals surface area contributed by atoms with Crippen LogP contribution >= 0.6 is 7.60 Å². The second-order valence-corrected chi connectivity index (χ2v) is 6.37. The number of rotatable bonds is 2. The van der Waals surface area contributed by atoms with E-state index < -0.39 is 43.5 Å². The molecule has 2 rings (SSSR count). The van der Waals surface area contributed by atoms with E-state index in [0.29, 0.717) is 0 Å². The van der Waals surface area contributed by atoms with Gasteiger partial charge in [0.25, 0.3) is 0 Å². The molecule has 2 aliphatic rings. The van der Waals surface area contributed by atoms with Crippen LogP contribution in [0.5, 0.6) is 0 Å². The Labute approximate surface area is 102 Å². The zero-order valence-electron chi connectivity index (χ0n) is 9.37.